The normalized spacial score (nSPS) is 21.2. The van der Waals surface area contributed by atoms with E-state index < -0.39 is 10.0 Å². The second kappa shape index (κ2) is 4.71. The van der Waals surface area contributed by atoms with E-state index in [-0.39, 0.29) is 16.5 Å². The summed E-state index contributed by atoms with van der Waals surface area (Å²) in [4.78, 5) is 0. The number of sulfonamides is 1. The van der Waals surface area contributed by atoms with Gasteiger partial charge < -0.3 is 4.42 Å². The number of hydrogen-bond donors (Lipinski definition) is 2. The molecule has 3 rings (SSSR count). The Morgan fingerprint density at radius 1 is 1.48 bits per heavy atom. The highest BCUT2D eigenvalue weighted by atomic mass is 32.2. The van der Waals surface area contributed by atoms with Crippen LogP contribution in [0.1, 0.15) is 43.4 Å². The van der Waals surface area contributed by atoms with Crippen LogP contribution in [-0.2, 0) is 16.4 Å². The van der Waals surface area contributed by atoms with Crippen LogP contribution in [0.3, 0.4) is 0 Å². The zero-order chi connectivity index (χ0) is 15.3. The molecule has 114 valence electrons. The van der Waals surface area contributed by atoms with E-state index in [0.29, 0.717) is 0 Å². The fourth-order valence-corrected chi connectivity index (χ4v) is 4.06. The van der Waals surface area contributed by atoms with E-state index in [9.17, 15) is 8.42 Å². The Morgan fingerprint density at radius 3 is 2.90 bits per heavy atom. The number of aromatic nitrogens is 2. The van der Waals surface area contributed by atoms with Gasteiger partial charge in [0, 0.05) is 12.0 Å². The molecule has 0 aromatic carbocycles. The first-order valence-electron chi connectivity index (χ1n) is 6.88. The topological polar surface area (TPSA) is 88.0 Å². The molecule has 0 saturated heterocycles. The monoisotopic (exact) mass is 309 g/mol. The van der Waals surface area contributed by atoms with Gasteiger partial charge in [0.25, 0.3) is 10.0 Å². The number of hydrogen-bond acceptors (Lipinski definition) is 4. The van der Waals surface area contributed by atoms with E-state index in [0.717, 1.165) is 29.9 Å². The minimum absolute atomic E-state index is 0.0154. The van der Waals surface area contributed by atoms with Crippen molar-refractivity contribution in [1.82, 2.24) is 14.9 Å². The van der Waals surface area contributed by atoms with Crippen LogP contribution in [0.4, 0.5) is 0 Å². The maximum atomic E-state index is 12.4. The maximum Gasteiger partial charge on any atom is 0.258 e. The maximum absolute atomic E-state index is 12.4. The van der Waals surface area contributed by atoms with Crippen molar-refractivity contribution in [1.29, 1.82) is 0 Å². The van der Waals surface area contributed by atoms with Crippen LogP contribution in [0.25, 0.3) is 0 Å². The largest absolute Gasteiger partial charge is 0.466 e. The Bertz CT molecular complexity index is 745. The molecule has 2 aromatic rings. The summed E-state index contributed by atoms with van der Waals surface area (Å²) in [6.07, 6.45) is 2.97. The van der Waals surface area contributed by atoms with E-state index in [4.69, 9.17) is 4.42 Å². The first-order chi connectivity index (χ1) is 9.77. The van der Waals surface area contributed by atoms with E-state index >= 15 is 0 Å². The summed E-state index contributed by atoms with van der Waals surface area (Å²) in [5, 5.41) is 6.27. The lowest BCUT2D eigenvalue weighted by molar-refractivity contribution is 0.247. The van der Waals surface area contributed by atoms with Crippen molar-refractivity contribution in [2.75, 3.05) is 0 Å². The van der Waals surface area contributed by atoms with E-state index in [1.54, 1.807) is 0 Å². The van der Waals surface area contributed by atoms with Crippen molar-refractivity contribution in [3.8, 4) is 0 Å². The summed E-state index contributed by atoms with van der Waals surface area (Å²) in [5.41, 5.74) is 0.924. The molecule has 1 aliphatic carbocycles. The SMILES string of the molecule is Cc1cc2c(o1)CC(C)(C)CC2NS(=O)(=O)c1ccn[nH]1. The van der Waals surface area contributed by atoms with E-state index in [2.05, 4.69) is 28.8 Å². The van der Waals surface area contributed by atoms with Crippen molar-refractivity contribution in [3.05, 3.63) is 35.4 Å². The molecule has 21 heavy (non-hydrogen) atoms. The number of fused-ring (bicyclic) bond motifs is 1. The summed E-state index contributed by atoms with van der Waals surface area (Å²) in [7, 11) is -3.61. The third kappa shape index (κ3) is 2.75. The van der Waals surface area contributed by atoms with E-state index in [1.807, 2.05) is 13.0 Å². The predicted molar refractivity (Wildman–Crippen MR) is 77.2 cm³/mol. The highest BCUT2D eigenvalue weighted by Crippen LogP contribution is 2.42. The molecular formula is C14H19N3O3S. The second-order valence-corrected chi connectivity index (χ2v) is 8.06. The van der Waals surface area contributed by atoms with Crippen LogP contribution < -0.4 is 4.72 Å². The van der Waals surface area contributed by atoms with Crippen molar-refractivity contribution >= 4 is 10.0 Å². The zero-order valence-corrected chi connectivity index (χ0v) is 13.1. The molecule has 0 aliphatic heterocycles. The van der Waals surface area contributed by atoms with Crippen molar-refractivity contribution in [2.24, 2.45) is 5.41 Å². The number of nitrogens with one attached hydrogen (secondary N) is 2. The van der Waals surface area contributed by atoms with Crippen LogP contribution in [0.15, 0.2) is 27.8 Å². The fraction of sp³-hybridized carbons (Fsp3) is 0.500. The molecule has 0 fully saturated rings. The highest BCUT2D eigenvalue weighted by molar-refractivity contribution is 7.89. The molecule has 2 heterocycles. The molecule has 0 bridgehead atoms. The Labute approximate surface area is 124 Å². The lowest BCUT2D eigenvalue weighted by Crippen LogP contribution is -2.36. The van der Waals surface area contributed by atoms with Gasteiger partial charge >= 0.3 is 0 Å². The smallest absolute Gasteiger partial charge is 0.258 e. The van der Waals surface area contributed by atoms with Crippen LogP contribution in [0.2, 0.25) is 0 Å². The van der Waals surface area contributed by atoms with Crippen LogP contribution in [0.5, 0.6) is 0 Å². The van der Waals surface area contributed by atoms with Crippen LogP contribution >= 0.6 is 0 Å². The van der Waals surface area contributed by atoms with Gasteiger partial charge in [-0.1, -0.05) is 13.8 Å². The molecule has 0 radical (unpaired) electrons. The average molecular weight is 309 g/mol. The molecular weight excluding hydrogens is 290 g/mol. The number of nitrogens with zero attached hydrogens (tertiary/aromatic N) is 1. The van der Waals surface area contributed by atoms with Crippen LogP contribution in [0, 0.1) is 12.3 Å². The Hall–Kier alpha value is -1.60. The molecule has 2 aromatic heterocycles. The number of H-pyrrole nitrogens is 1. The lowest BCUT2D eigenvalue weighted by Gasteiger charge is -2.34. The van der Waals surface area contributed by atoms with Gasteiger partial charge in [0.2, 0.25) is 0 Å². The molecule has 1 atom stereocenters. The number of furan rings is 1. The summed E-state index contributed by atoms with van der Waals surface area (Å²) >= 11 is 0. The van der Waals surface area contributed by atoms with Crippen molar-refractivity contribution in [2.45, 2.75) is 44.7 Å². The summed E-state index contributed by atoms with van der Waals surface area (Å²) < 4.78 is 33.2. The van der Waals surface area contributed by atoms with Gasteiger partial charge in [0.1, 0.15) is 11.5 Å². The molecule has 2 N–H and O–H groups in total. The zero-order valence-electron chi connectivity index (χ0n) is 12.3. The van der Waals surface area contributed by atoms with Gasteiger partial charge in [-0.3, -0.25) is 5.10 Å². The first-order valence-corrected chi connectivity index (χ1v) is 8.36. The Kier molecular flexibility index (Phi) is 3.22. The second-order valence-electron chi connectivity index (χ2n) is 6.38. The lowest BCUT2D eigenvalue weighted by atomic mass is 9.75. The van der Waals surface area contributed by atoms with Gasteiger partial charge in [0.05, 0.1) is 12.2 Å². The average Bonchev–Trinajstić information content (AvgIpc) is 2.95. The quantitative estimate of drug-likeness (QED) is 0.910. The van der Waals surface area contributed by atoms with Crippen LogP contribution in [-0.4, -0.2) is 18.6 Å². The predicted octanol–water partition coefficient (Wildman–Crippen LogP) is 2.30. The summed E-state index contributed by atoms with van der Waals surface area (Å²) in [5.74, 6) is 1.68. The molecule has 7 heteroatoms. The summed E-state index contributed by atoms with van der Waals surface area (Å²) in [6, 6.07) is 3.08. The fourth-order valence-electron chi connectivity index (χ4n) is 2.93. The Morgan fingerprint density at radius 2 is 2.24 bits per heavy atom. The van der Waals surface area contributed by atoms with Crippen molar-refractivity contribution in [3.63, 3.8) is 0 Å². The number of aromatic amines is 1. The van der Waals surface area contributed by atoms with Gasteiger partial charge in [-0.2, -0.15) is 5.10 Å². The molecule has 1 unspecified atom stereocenters. The third-order valence-corrected chi connectivity index (χ3v) is 5.20. The molecule has 6 nitrogen and oxygen atoms in total. The van der Waals surface area contributed by atoms with Crippen molar-refractivity contribution < 1.29 is 12.8 Å². The third-order valence-electron chi connectivity index (χ3n) is 3.80. The Balaban J connectivity index is 1.95. The van der Waals surface area contributed by atoms with Gasteiger partial charge in [0.15, 0.2) is 5.03 Å². The number of rotatable bonds is 3. The highest BCUT2D eigenvalue weighted by Gasteiger charge is 2.37. The minimum Gasteiger partial charge on any atom is -0.466 e. The number of aryl methyl sites for hydroxylation is 1. The van der Waals surface area contributed by atoms with Gasteiger partial charge in [-0.15, -0.1) is 0 Å². The minimum atomic E-state index is -3.61. The molecule has 1 aliphatic rings. The van der Waals surface area contributed by atoms with Gasteiger partial charge in [-0.25, -0.2) is 13.1 Å². The molecule has 0 amide bonds. The molecule has 0 spiro atoms. The standard InChI is InChI=1S/C14H19N3O3S/c1-9-6-10-11(7-14(2,3)8-12(10)20-9)17-21(18,19)13-4-5-15-16-13/h4-6,11,17H,7-8H2,1-3H3,(H,15,16). The van der Waals surface area contributed by atoms with Gasteiger partial charge in [-0.05, 0) is 30.9 Å². The first kappa shape index (κ1) is 14.3. The van der Waals surface area contributed by atoms with E-state index in [1.165, 1.54) is 12.3 Å². The molecule has 0 saturated carbocycles. The summed E-state index contributed by atoms with van der Waals surface area (Å²) in [6.45, 7) is 6.11.